The molecule has 1 aliphatic heterocycles. The normalized spacial score (nSPS) is 24.6. The SMILES string of the molecule is CC(O[Si](C)(C)C(C)(C)C)C1C(=O)NC1[S+]([O-])c1ccccc1. The zero-order chi connectivity index (χ0) is 17.4. The molecule has 23 heavy (non-hydrogen) atoms. The summed E-state index contributed by atoms with van der Waals surface area (Å²) >= 11 is -1.26. The maximum atomic E-state index is 12.7. The van der Waals surface area contributed by atoms with Crippen molar-refractivity contribution in [3.63, 3.8) is 0 Å². The Bertz CT molecular complexity index is 559. The Kier molecular flexibility index (Phi) is 5.30. The Morgan fingerprint density at radius 3 is 2.30 bits per heavy atom. The molecular weight excluding hydrogens is 326 g/mol. The molecule has 0 aliphatic carbocycles. The van der Waals surface area contributed by atoms with Crippen molar-refractivity contribution in [3.8, 4) is 0 Å². The first kappa shape index (κ1) is 18.5. The monoisotopic (exact) mass is 353 g/mol. The van der Waals surface area contributed by atoms with E-state index in [0.717, 1.165) is 4.90 Å². The lowest BCUT2D eigenvalue weighted by Crippen LogP contribution is -2.66. The van der Waals surface area contributed by atoms with Gasteiger partial charge < -0.3 is 14.3 Å². The van der Waals surface area contributed by atoms with Crippen LogP contribution < -0.4 is 5.32 Å². The summed E-state index contributed by atoms with van der Waals surface area (Å²) in [5.41, 5.74) is 0. The van der Waals surface area contributed by atoms with E-state index in [-0.39, 0.29) is 28.3 Å². The maximum Gasteiger partial charge on any atom is 0.236 e. The molecule has 4 unspecified atom stereocenters. The van der Waals surface area contributed by atoms with E-state index in [1.165, 1.54) is 0 Å². The molecule has 1 aromatic rings. The molecule has 1 aliphatic rings. The smallest absolute Gasteiger partial charge is 0.236 e. The van der Waals surface area contributed by atoms with E-state index in [0.29, 0.717) is 0 Å². The topological polar surface area (TPSA) is 61.4 Å². The molecule has 4 nitrogen and oxygen atoms in total. The van der Waals surface area contributed by atoms with Crippen LogP contribution in [-0.4, -0.2) is 30.3 Å². The molecule has 128 valence electrons. The highest BCUT2D eigenvalue weighted by Crippen LogP contribution is 2.39. The van der Waals surface area contributed by atoms with Crippen LogP contribution >= 0.6 is 0 Å². The summed E-state index contributed by atoms with van der Waals surface area (Å²) in [6, 6.07) is 9.27. The van der Waals surface area contributed by atoms with Crippen molar-refractivity contribution < 1.29 is 13.8 Å². The molecule has 2 rings (SSSR count). The molecule has 0 bridgehead atoms. The summed E-state index contributed by atoms with van der Waals surface area (Å²) in [7, 11) is -1.97. The Labute approximate surface area is 143 Å². The molecule has 1 fully saturated rings. The average Bonchev–Trinajstić information content (AvgIpc) is 2.42. The first-order valence-corrected chi connectivity index (χ1v) is 12.1. The van der Waals surface area contributed by atoms with E-state index < -0.39 is 19.5 Å². The van der Waals surface area contributed by atoms with Crippen LogP contribution in [0, 0.1) is 5.92 Å². The van der Waals surface area contributed by atoms with E-state index in [4.69, 9.17) is 4.43 Å². The third kappa shape index (κ3) is 3.82. The molecule has 1 aromatic carbocycles. The Morgan fingerprint density at radius 2 is 1.83 bits per heavy atom. The van der Waals surface area contributed by atoms with Crippen molar-refractivity contribution in [2.75, 3.05) is 0 Å². The average molecular weight is 354 g/mol. The number of amides is 1. The zero-order valence-electron chi connectivity index (χ0n) is 14.8. The summed E-state index contributed by atoms with van der Waals surface area (Å²) in [4.78, 5) is 12.8. The van der Waals surface area contributed by atoms with Crippen LogP contribution in [0.4, 0.5) is 0 Å². The standard InChI is InChI=1S/C17H27NO3SSi/c1-12(21-23(5,6)17(2,3)4)14-15(19)18-16(14)22(20)13-10-8-7-9-11-13/h7-12,14,16H,1-6H3,(H,18,19). The molecule has 0 radical (unpaired) electrons. The molecule has 0 spiro atoms. The fourth-order valence-electron chi connectivity index (χ4n) is 2.43. The van der Waals surface area contributed by atoms with Gasteiger partial charge in [-0.1, -0.05) is 39.0 Å². The summed E-state index contributed by atoms with van der Waals surface area (Å²) < 4.78 is 19.0. The van der Waals surface area contributed by atoms with Crippen LogP contribution in [0.5, 0.6) is 0 Å². The van der Waals surface area contributed by atoms with Crippen LogP contribution in [0.1, 0.15) is 27.7 Å². The van der Waals surface area contributed by atoms with Crippen LogP contribution in [0.2, 0.25) is 18.1 Å². The molecular formula is C17H27NO3SSi. The van der Waals surface area contributed by atoms with E-state index in [2.05, 4.69) is 39.2 Å². The molecule has 1 amide bonds. The van der Waals surface area contributed by atoms with Gasteiger partial charge in [-0.05, 0) is 37.2 Å². The van der Waals surface area contributed by atoms with Crippen molar-refractivity contribution in [3.05, 3.63) is 30.3 Å². The highest BCUT2D eigenvalue weighted by atomic mass is 32.2. The minimum Gasteiger partial charge on any atom is -0.610 e. The minimum atomic E-state index is -1.97. The summed E-state index contributed by atoms with van der Waals surface area (Å²) in [6.45, 7) is 12.8. The van der Waals surface area contributed by atoms with Gasteiger partial charge in [0.25, 0.3) is 0 Å². The lowest BCUT2D eigenvalue weighted by molar-refractivity contribution is -0.136. The first-order valence-electron chi connectivity index (χ1n) is 7.98. The first-order chi connectivity index (χ1) is 10.5. The van der Waals surface area contributed by atoms with Crippen molar-refractivity contribution in [1.82, 2.24) is 5.32 Å². The van der Waals surface area contributed by atoms with Crippen molar-refractivity contribution >= 4 is 25.4 Å². The predicted octanol–water partition coefficient (Wildman–Crippen LogP) is 3.28. The van der Waals surface area contributed by atoms with Gasteiger partial charge in [-0.15, -0.1) is 0 Å². The van der Waals surface area contributed by atoms with Crippen LogP contribution in [0.3, 0.4) is 0 Å². The van der Waals surface area contributed by atoms with Crippen molar-refractivity contribution in [2.45, 2.75) is 62.2 Å². The van der Waals surface area contributed by atoms with Crippen molar-refractivity contribution in [1.29, 1.82) is 0 Å². The predicted molar refractivity (Wildman–Crippen MR) is 96.0 cm³/mol. The number of nitrogens with one attached hydrogen (secondary N) is 1. The largest absolute Gasteiger partial charge is 0.610 e. The second-order valence-electron chi connectivity index (χ2n) is 7.65. The molecule has 6 heteroatoms. The molecule has 0 aromatic heterocycles. The fraction of sp³-hybridized carbons (Fsp3) is 0.588. The third-order valence-electron chi connectivity index (χ3n) is 4.91. The lowest BCUT2D eigenvalue weighted by Gasteiger charge is -2.44. The summed E-state index contributed by atoms with van der Waals surface area (Å²) in [5, 5.41) is 2.50. The highest BCUT2D eigenvalue weighted by molar-refractivity contribution is 7.92. The van der Waals surface area contributed by atoms with Gasteiger partial charge in [-0.3, -0.25) is 4.79 Å². The van der Waals surface area contributed by atoms with E-state index in [1.54, 1.807) is 0 Å². The second kappa shape index (κ2) is 6.59. The highest BCUT2D eigenvalue weighted by Gasteiger charge is 2.53. The summed E-state index contributed by atoms with van der Waals surface area (Å²) in [6.07, 6.45) is -0.234. The third-order valence-corrected chi connectivity index (χ3v) is 11.1. The zero-order valence-corrected chi connectivity index (χ0v) is 16.6. The molecule has 1 N–H and O–H groups in total. The van der Waals surface area contributed by atoms with Crippen molar-refractivity contribution in [2.24, 2.45) is 5.92 Å². The molecule has 0 saturated carbocycles. The van der Waals surface area contributed by atoms with Gasteiger partial charge in [0, 0.05) is 11.2 Å². The summed E-state index contributed by atoms with van der Waals surface area (Å²) in [5.74, 6) is -0.421. The van der Waals surface area contributed by atoms with Gasteiger partial charge >= 0.3 is 0 Å². The Balaban J connectivity index is 2.10. The Morgan fingerprint density at radius 1 is 1.26 bits per heavy atom. The van der Waals surface area contributed by atoms with Crippen LogP contribution in [-0.2, 0) is 20.4 Å². The number of hydrogen-bond acceptors (Lipinski definition) is 3. The number of carbonyl (C=O) groups excluding carboxylic acids is 1. The van der Waals surface area contributed by atoms with Gasteiger partial charge in [-0.2, -0.15) is 0 Å². The molecule has 1 heterocycles. The second-order valence-corrected chi connectivity index (χ2v) is 14.0. The van der Waals surface area contributed by atoms with Crippen LogP contribution in [0.15, 0.2) is 35.2 Å². The number of β-lactam (4-membered cyclic amide) rings is 1. The van der Waals surface area contributed by atoms with E-state index in [9.17, 15) is 9.35 Å². The molecule has 4 atom stereocenters. The van der Waals surface area contributed by atoms with Gasteiger partial charge in [-0.25, -0.2) is 0 Å². The minimum absolute atomic E-state index is 0.0644. The van der Waals surface area contributed by atoms with E-state index >= 15 is 0 Å². The Hall–Kier alpha value is -0.823. The maximum absolute atomic E-state index is 12.7. The molecule has 1 saturated heterocycles. The van der Waals surface area contributed by atoms with Gasteiger partial charge in [0.1, 0.15) is 5.92 Å². The number of rotatable bonds is 5. The number of benzene rings is 1. The van der Waals surface area contributed by atoms with Gasteiger partial charge in [0.15, 0.2) is 13.2 Å². The van der Waals surface area contributed by atoms with Gasteiger partial charge in [0.2, 0.25) is 11.3 Å². The lowest BCUT2D eigenvalue weighted by atomic mass is 9.96. The number of carbonyl (C=O) groups is 1. The fourth-order valence-corrected chi connectivity index (χ4v) is 5.41. The quantitative estimate of drug-likeness (QED) is 0.502. The number of hydrogen-bond donors (Lipinski definition) is 1. The van der Waals surface area contributed by atoms with E-state index in [1.807, 2.05) is 37.3 Å². The van der Waals surface area contributed by atoms with Crippen LogP contribution in [0.25, 0.3) is 0 Å². The van der Waals surface area contributed by atoms with Gasteiger partial charge in [0.05, 0.1) is 6.10 Å².